The summed E-state index contributed by atoms with van der Waals surface area (Å²) < 4.78 is 26.7. The Kier molecular flexibility index (Phi) is 4.83. The molecule has 1 saturated heterocycles. The van der Waals surface area contributed by atoms with Crippen LogP contribution in [0.5, 0.6) is 0 Å². The molecule has 2 aliphatic rings. The maximum Gasteiger partial charge on any atom is 0.263 e. The van der Waals surface area contributed by atoms with Crippen LogP contribution >= 0.6 is 0 Å². The molecule has 1 atom stereocenters. The van der Waals surface area contributed by atoms with Crippen LogP contribution in [0.2, 0.25) is 0 Å². The lowest BCUT2D eigenvalue weighted by atomic mass is 10.2. The molecular weight excluding hydrogens is 392 g/mol. The zero-order valence-corrected chi connectivity index (χ0v) is 16.6. The van der Waals surface area contributed by atoms with Crippen molar-refractivity contribution in [2.24, 2.45) is 4.99 Å². The van der Waals surface area contributed by atoms with Crippen LogP contribution < -0.4 is 14.9 Å². The molecule has 2 aromatic carbocycles. The lowest BCUT2D eigenvalue weighted by molar-refractivity contribution is -0.117. The molecule has 2 N–H and O–H groups in total. The Labute approximate surface area is 168 Å². The third-order valence-corrected chi connectivity index (χ3v) is 6.28. The highest BCUT2D eigenvalue weighted by Crippen LogP contribution is 2.24. The summed E-state index contributed by atoms with van der Waals surface area (Å²) in [6.45, 7) is 2.30. The molecule has 8 nitrogen and oxygen atoms in total. The van der Waals surface area contributed by atoms with Crippen LogP contribution in [0.15, 0.2) is 58.4 Å². The van der Waals surface area contributed by atoms with Crippen molar-refractivity contribution in [3.63, 3.8) is 0 Å². The number of rotatable bonds is 4. The van der Waals surface area contributed by atoms with Gasteiger partial charge in [0.15, 0.2) is 0 Å². The SMILES string of the molecule is C[C@H](N=C1NS(=O)(=O)c2ccccc21)C(=O)Nc1ccc(N2CCCC2=O)cc1. The van der Waals surface area contributed by atoms with Gasteiger partial charge in [-0.3, -0.25) is 19.3 Å². The first kappa shape index (κ1) is 19.1. The van der Waals surface area contributed by atoms with E-state index in [2.05, 4.69) is 15.0 Å². The van der Waals surface area contributed by atoms with Crippen LogP contribution in [-0.2, 0) is 19.6 Å². The summed E-state index contributed by atoms with van der Waals surface area (Å²) in [5.41, 5.74) is 1.83. The number of amidine groups is 1. The van der Waals surface area contributed by atoms with E-state index in [0.717, 1.165) is 12.1 Å². The highest BCUT2D eigenvalue weighted by atomic mass is 32.2. The van der Waals surface area contributed by atoms with E-state index in [-0.39, 0.29) is 22.5 Å². The number of benzene rings is 2. The molecule has 0 spiro atoms. The number of carbonyl (C=O) groups is 2. The van der Waals surface area contributed by atoms with E-state index >= 15 is 0 Å². The van der Waals surface area contributed by atoms with E-state index in [1.54, 1.807) is 54.3 Å². The van der Waals surface area contributed by atoms with Crippen LogP contribution in [0.25, 0.3) is 0 Å². The molecule has 0 aliphatic carbocycles. The predicted octanol–water partition coefficient (Wildman–Crippen LogP) is 1.88. The number of hydrogen-bond acceptors (Lipinski definition) is 5. The van der Waals surface area contributed by atoms with Gasteiger partial charge in [-0.05, 0) is 49.7 Å². The molecule has 4 rings (SSSR count). The highest BCUT2D eigenvalue weighted by molar-refractivity contribution is 7.90. The Bertz CT molecular complexity index is 1110. The van der Waals surface area contributed by atoms with E-state index in [1.165, 1.54) is 6.07 Å². The van der Waals surface area contributed by atoms with Crippen molar-refractivity contribution in [3.05, 3.63) is 54.1 Å². The molecule has 2 amide bonds. The number of aliphatic imine (C=N–C) groups is 1. The number of sulfonamides is 1. The molecule has 150 valence electrons. The van der Waals surface area contributed by atoms with Crippen molar-refractivity contribution in [1.29, 1.82) is 0 Å². The van der Waals surface area contributed by atoms with Gasteiger partial charge in [-0.2, -0.15) is 0 Å². The molecule has 0 bridgehead atoms. The summed E-state index contributed by atoms with van der Waals surface area (Å²) in [6.07, 6.45) is 1.41. The van der Waals surface area contributed by atoms with Crippen molar-refractivity contribution in [2.45, 2.75) is 30.7 Å². The molecule has 0 saturated carbocycles. The molecule has 2 heterocycles. The predicted molar refractivity (Wildman–Crippen MR) is 109 cm³/mol. The van der Waals surface area contributed by atoms with Crippen LogP contribution in [0, 0.1) is 0 Å². The summed E-state index contributed by atoms with van der Waals surface area (Å²) in [7, 11) is -3.65. The van der Waals surface area contributed by atoms with Gasteiger partial charge in [-0.25, -0.2) is 8.42 Å². The second-order valence-corrected chi connectivity index (χ2v) is 8.59. The quantitative estimate of drug-likeness (QED) is 0.799. The number of nitrogens with one attached hydrogen (secondary N) is 2. The van der Waals surface area contributed by atoms with Gasteiger partial charge in [-0.15, -0.1) is 0 Å². The Morgan fingerprint density at radius 3 is 2.59 bits per heavy atom. The molecule has 1 fully saturated rings. The monoisotopic (exact) mass is 412 g/mol. The topological polar surface area (TPSA) is 108 Å². The Hall–Kier alpha value is -3.20. The fourth-order valence-electron chi connectivity index (χ4n) is 3.37. The number of hydrogen-bond donors (Lipinski definition) is 2. The van der Waals surface area contributed by atoms with Gasteiger partial charge in [0, 0.05) is 29.9 Å². The second-order valence-electron chi connectivity index (χ2n) is 6.94. The molecule has 2 aromatic rings. The standard InChI is InChI=1S/C20H20N4O4S/c1-13(21-19-16-5-2-3-6-17(16)29(27,28)23-19)20(26)22-14-8-10-15(11-9-14)24-12-4-7-18(24)25/h2-3,5-6,8-11,13H,4,7,12H2,1H3,(H,21,23)(H,22,26)/t13-/m0/s1. The third kappa shape index (κ3) is 3.73. The summed E-state index contributed by atoms with van der Waals surface area (Å²) in [5, 5.41) is 2.76. The molecular formula is C20H20N4O4S. The van der Waals surface area contributed by atoms with Gasteiger partial charge in [0.25, 0.3) is 10.0 Å². The van der Waals surface area contributed by atoms with Gasteiger partial charge in [0.2, 0.25) is 11.8 Å². The van der Waals surface area contributed by atoms with Crippen molar-refractivity contribution in [2.75, 3.05) is 16.8 Å². The molecule has 0 radical (unpaired) electrons. The fraction of sp³-hybridized carbons (Fsp3) is 0.250. The average Bonchev–Trinajstić information content (AvgIpc) is 3.23. The zero-order chi connectivity index (χ0) is 20.6. The van der Waals surface area contributed by atoms with Crippen LogP contribution in [0.3, 0.4) is 0 Å². The van der Waals surface area contributed by atoms with Crippen molar-refractivity contribution < 1.29 is 18.0 Å². The van der Waals surface area contributed by atoms with E-state index < -0.39 is 16.1 Å². The van der Waals surface area contributed by atoms with E-state index in [9.17, 15) is 18.0 Å². The van der Waals surface area contributed by atoms with Gasteiger partial charge < -0.3 is 10.2 Å². The maximum absolute atomic E-state index is 12.5. The summed E-state index contributed by atoms with van der Waals surface area (Å²) >= 11 is 0. The molecule has 29 heavy (non-hydrogen) atoms. The average molecular weight is 412 g/mol. The highest BCUT2D eigenvalue weighted by Gasteiger charge is 2.31. The minimum atomic E-state index is -3.65. The van der Waals surface area contributed by atoms with Crippen molar-refractivity contribution >= 4 is 39.0 Å². The van der Waals surface area contributed by atoms with Crippen molar-refractivity contribution in [3.8, 4) is 0 Å². The van der Waals surface area contributed by atoms with Crippen LogP contribution in [0.4, 0.5) is 11.4 Å². The molecule has 0 unspecified atom stereocenters. The fourth-order valence-corrected chi connectivity index (χ4v) is 4.61. The van der Waals surface area contributed by atoms with Gasteiger partial charge in [0.1, 0.15) is 11.9 Å². The lowest BCUT2D eigenvalue weighted by Gasteiger charge is -2.16. The first-order valence-electron chi connectivity index (χ1n) is 9.26. The largest absolute Gasteiger partial charge is 0.324 e. The Morgan fingerprint density at radius 1 is 1.17 bits per heavy atom. The zero-order valence-electron chi connectivity index (χ0n) is 15.8. The Balaban J connectivity index is 1.47. The number of fused-ring (bicyclic) bond motifs is 1. The van der Waals surface area contributed by atoms with E-state index in [0.29, 0.717) is 24.2 Å². The maximum atomic E-state index is 12.5. The first-order chi connectivity index (χ1) is 13.8. The number of amides is 2. The minimum Gasteiger partial charge on any atom is -0.324 e. The van der Waals surface area contributed by atoms with Gasteiger partial charge in [-0.1, -0.05) is 12.1 Å². The number of anilines is 2. The molecule has 9 heteroatoms. The third-order valence-electron chi connectivity index (χ3n) is 4.88. The second kappa shape index (κ2) is 7.32. The van der Waals surface area contributed by atoms with Gasteiger partial charge >= 0.3 is 0 Å². The van der Waals surface area contributed by atoms with Gasteiger partial charge in [0.05, 0.1) is 4.90 Å². The molecule has 2 aliphatic heterocycles. The van der Waals surface area contributed by atoms with Crippen LogP contribution in [-0.4, -0.2) is 38.7 Å². The summed E-state index contributed by atoms with van der Waals surface area (Å²) in [5.74, 6) is -0.109. The Morgan fingerprint density at radius 2 is 1.90 bits per heavy atom. The number of carbonyl (C=O) groups excluding carboxylic acids is 2. The summed E-state index contributed by atoms with van der Waals surface area (Å²) in [6, 6.07) is 12.7. The normalized spacial score (nSPS) is 19.7. The van der Waals surface area contributed by atoms with Crippen molar-refractivity contribution in [1.82, 2.24) is 4.72 Å². The van der Waals surface area contributed by atoms with E-state index in [1.807, 2.05) is 0 Å². The molecule has 0 aromatic heterocycles. The smallest absolute Gasteiger partial charge is 0.263 e. The lowest BCUT2D eigenvalue weighted by Crippen LogP contribution is -2.29. The van der Waals surface area contributed by atoms with Crippen LogP contribution in [0.1, 0.15) is 25.3 Å². The number of nitrogens with zero attached hydrogens (tertiary/aromatic N) is 2. The summed E-state index contributed by atoms with van der Waals surface area (Å²) in [4.78, 5) is 30.5. The first-order valence-corrected chi connectivity index (χ1v) is 10.7. The minimum absolute atomic E-state index is 0.102. The van der Waals surface area contributed by atoms with E-state index in [4.69, 9.17) is 0 Å².